The second-order valence-electron chi connectivity index (χ2n) is 6.16. The molecule has 0 bridgehead atoms. The van der Waals surface area contributed by atoms with Gasteiger partial charge in [-0.15, -0.1) is 0 Å². The third-order valence-electron chi connectivity index (χ3n) is 4.08. The molecule has 0 N–H and O–H groups in total. The summed E-state index contributed by atoms with van der Waals surface area (Å²) in [6.07, 6.45) is 1.82. The molecule has 126 valence electrons. The first-order chi connectivity index (χ1) is 11.5. The summed E-state index contributed by atoms with van der Waals surface area (Å²) in [5.74, 6) is 0.0334. The Kier molecular flexibility index (Phi) is 5.21. The molecule has 0 aliphatic carbocycles. The molecule has 2 heterocycles. The van der Waals surface area contributed by atoms with Crippen LogP contribution < -0.4 is 0 Å². The van der Waals surface area contributed by atoms with Crippen molar-refractivity contribution in [2.45, 2.75) is 36.8 Å². The molecule has 1 fully saturated rings. The molecular formula is C19H22N2O2S. The van der Waals surface area contributed by atoms with Crippen molar-refractivity contribution in [2.75, 3.05) is 19.7 Å². The molecule has 1 aromatic heterocycles. The van der Waals surface area contributed by atoms with Gasteiger partial charge in [-0.1, -0.05) is 23.9 Å². The maximum atomic E-state index is 12.9. The zero-order valence-electron chi connectivity index (χ0n) is 14.3. The number of rotatable bonds is 3. The number of carbonyl (C=O) groups is 1. The van der Waals surface area contributed by atoms with Gasteiger partial charge in [0, 0.05) is 24.2 Å². The van der Waals surface area contributed by atoms with Crippen LogP contribution in [0.4, 0.5) is 0 Å². The van der Waals surface area contributed by atoms with E-state index in [-0.39, 0.29) is 12.0 Å². The first kappa shape index (κ1) is 17.0. The quantitative estimate of drug-likeness (QED) is 0.853. The molecule has 2 aromatic rings. The van der Waals surface area contributed by atoms with Gasteiger partial charge in [-0.05, 0) is 50.1 Å². The molecule has 1 aliphatic heterocycles. The Morgan fingerprint density at radius 3 is 2.96 bits per heavy atom. The van der Waals surface area contributed by atoms with Gasteiger partial charge in [-0.2, -0.15) is 0 Å². The SMILES string of the molecule is Cc1ccc(C)c(Sc2ncccc2C(=O)N2CCO[C@@H](C)C2)c1. The van der Waals surface area contributed by atoms with Gasteiger partial charge in [0.15, 0.2) is 0 Å². The van der Waals surface area contributed by atoms with Crippen molar-refractivity contribution in [3.8, 4) is 0 Å². The molecule has 1 atom stereocenters. The average Bonchev–Trinajstić information content (AvgIpc) is 2.58. The van der Waals surface area contributed by atoms with Crippen LogP contribution in [0.25, 0.3) is 0 Å². The predicted octanol–water partition coefficient (Wildman–Crippen LogP) is 3.71. The summed E-state index contributed by atoms with van der Waals surface area (Å²) < 4.78 is 5.53. The first-order valence-corrected chi connectivity index (χ1v) is 8.97. The number of nitrogens with zero attached hydrogens (tertiary/aromatic N) is 2. The molecule has 5 heteroatoms. The molecular weight excluding hydrogens is 320 g/mol. The summed E-state index contributed by atoms with van der Waals surface area (Å²) in [6.45, 7) is 7.99. The first-order valence-electron chi connectivity index (χ1n) is 8.15. The highest BCUT2D eigenvalue weighted by molar-refractivity contribution is 7.99. The van der Waals surface area contributed by atoms with E-state index < -0.39 is 0 Å². The van der Waals surface area contributed by atoms with Crippen molar-refractivity contribution in [3.05, 3.63) is 53.2 Å². The van der Waals surface area contributed by atoms with E-state index in [0.717, 1.165) is 9.92 Å². The summed E-state index contributed by atoms with van der Waals surface area (Å²) in [6, 6.07) is 10.0. The largest absolute Gasteiger partial charge is 0.375 e. The van der Waals surface area contributed by atoms with E-state index in [2.05, 4.69) is 37.0 Å². The number of benzene rings is 1. The van der Waals surface area contributed by atoms with Gasteiger partial charge in [0.25, 0.3) is 5.91 Å². The van der Waals surface area contributed by atoms with Crippen LogP contribution >= 0.6 is 11.8 Å². The summed E-state index contributed by atoms with van der Waals surface area (Å²) in [4.78, 5) is 20.4. The fraction of sp³-hybridized carbons (Fsp3) is 0.368. The molecule has 3 rings (SSSR count). The maximum absolute atomic E-state index is 12.9. The number of pyridine rings is 1. The van der Waals surface area contributed by atoms with E-state index in [9.17, 15) is 4.79 Å². The topological polar surface area (TPSA) is 42.4 Å². The number of hydrogen-bond donors (Lipinski definition) is 0. The predicted molar refractivity (Wildman–Crippen MR) is 95.6 cm³/mol. The molecule has 1 saturated heterocycles. The molecule has 1 aromatic carbocycles. The van der Waals surface area contributed by atoms with Gasteiger partial charge in [0.1, 0.15) is 5.03 Å². The monoisotopic (exact) mass is 342 g/mol. The van der Waals surface area contributed by atoms with Crippen molar-refractivity contribution in [2.24, 2.45) is 0 Å². The standard InChI is InChI=1S/C19H22N2O2S/c1-13-6-7-14(2)17(11-13)24-18-16(5-4-8-20-18)19(22)21-9-10-23-15(3)12-21/h4-8,11,15H,9-10,12H2,1-3H3/t15-/m0/s1. The number of aromatic nitrogens is 1. The van der Waals surface area contributed by atoms with E-state index >= 15 is 0 Å². The molecule has 0 saturated carbocycles. The summed E-state index contributed by atoms with van der Waals surface area (Å²) in [7, 11) is 0. The third-order valence-corrected chi connectivity index (χ3v) is 5.26. The van der Waals surface area contributed by atoms with Crippen LogP contribution in [-0.2, 0) is 4.74 Å². The molecule has 0 unspecified atom stereocenters. The lowest BCUT2D eigenvalue weighted by Gasteiger charge is -2.31. The van der Waals surface area contributed by atoms with Crippen LogP contribution in [0.5, 0.6) is 0 Å². The lowest BCUT2D eigenvalue weighted by molar-refractivity contribution is -0.0125. The minimum absolute atomic E-state index is 0.0334. The van der Waals surface area contributed by atoms with E-state index in [4.69, 9.17) is 4.74 Å². The average molecular weight is 342 g/mol. The zero-order chi connectivity index (χ0) is 17.1. The fourth-order valence-corrected chi connectivity index (χ4v) is 3.79. The fourth-order valence-electron chi connectivity index (χ4n) is 2.73. The van der Waals surface area contributed by atoms with Crippen molar-refractivity contribution in [1.29, 1.82) is 0 Å². The highest BCUT2D eigenvalue weighted by Crippen LogP contribution is 2.32. The van der Waals surface area contributed by atoms with Crippen molar-refractivity contribution in [1.82, 2.24) is 9.88 Å². The van der Waals surface area contributed by atoms with E-state index in [1.165, 1.54) is 11.1 Å². The molecule has 0 spiro atoms. The Morgan fingerprint density at radius 2 is 2.17 bits per heavy atom. The van der Waals surface area contributed by atoms with Crippen LogP contribution in [0.3, 0.4) is 0 Å². The molecule has 1 amide bonds. The van der Waals surface area contributed by atoms with E-state index in [1.54, 1.807) is 18.0 Å². The van der Waals surface area contributed by atoms with E-state index in [0.29, 0.717) is 25.3 Å². The summed E-state index contributed by atoms with van der Waals surface area (Å²) in [5, 5.41) is 0.760. The molecule has 24 heavy (non-hydrogen) atoms. The second-order valence-corrected chi connectivity index (χ2v) is 7.19. The smallest absolute Gasteiger partial charge is 0.256 e. The lowest BCUT2D eigenvalue weighted by Crippen LogP contribution is -2.44. The number of morpholine rings is 1. The van der Waals surface area contributed by atoms with Crippen molar-refractivity contribution in [3.63, 3.8) is 0 Å². The minimum Gasteiger partial charge on any atom is -0.375 e. The Hall–Kier alpha value is -1.85. The number of aryl methyl sites for hydroxylation is 2. The van der Waals surface area contributed by atoms with E-state index in [1.807, 2.05) is 24.0 Å². The number of carbonyl (C=O) groups excluding carboxylic acids is 1. The van der Waals surface area contributed by atoms with Gasteiger partial charge < -0.3 is 9.64 Å². The normalized spacial score (nSPS) is 17.8. The minimum atomic E-state index is 0.0334. The lowest BCUT2D eigenvalue weighted by atomic mass is 10.2. The van der Waals surface area contributed by atoms with Crippen LogP contribution in [-0.4, -0.2) is 41.6 Å². The second kappa shape index (κ2) is 7.36. The van der Waals surface area contributed by atoms with Crippen LogP contribution in [0.2, 0.25) is 0 Å². The van der Waals surface area contributed by atoms with Crippen molar-refractivity contribution >= 4 is 17.7 Å². The van der Waals surface area contributed by atoms with Gasteiger partial charge in [0.2, 0.25) is 0 Å². The van der Waals surface area contributed by atoms with Gasteiger partial charge in [0.05, 0.1) is 18.3 Å². The molecule has 4 nitrogen and oxygen atoms in total. The van der Waals surface area contributed by atoms with Gasteiger partial charge >= 0.3 is 0 Å². The highest BCUT2D eigenvalue weighted by Gasteiger charge is 2.25. The van der Waals surface area contributed by atoms with Gasteiger partial charge in [-0.3, -0.25) is 4.79 Å². The number of ether oxygens (including phenoxy) is 1. The van der Waals surface area contributed by atoms with Crippen LogP contribution in [0.1, 0.15) is 28.4 Å². The number of hydrogen-bond acceptors (Lipinski definition) is 4. The van der Waals surface area contributed by atoms with Crippen molar-refractivity contribution < 1.29 is 9.53 Å². The summed E-state index contributed by atoms with van der Waals surface area (Å²) >= 11 is 1.56. The van der Waals surface area contributed by atoms with Crippen LogP contribution in [0.15, 0.2) is 46.5 Å². The molecule has 0 radical (unpaired) electrons. The summed E-state index contributed by atoms with van der Waals surface area (Å²) in [5.41, 5.74) is 3.06. The molecule has 1 aliphatic rings. The Morgan fingerprint density at radius 1 is 1.33 bits per heavy atom. The number of amides is 1. The zero-order valence-corrected chi connectivity index (χ0v) is 15.1. The Bertz CT molecular complexity index is 748. The van der Waals surface area contributed by atoms with Gasteiger partial charge in [-0.25, -0.2) is 4.98 Å². The van der Waals surface area contributed by atoms with Crippen LogP contribution in [0, 0.1) is 13.8 Å². The highest BCUT2D eigenvalue weighted by atomic mass is 32.2. The third kappa shape index (κ3) is 3.79. The Labute approximate surface area is 147 Å². The maximum Gasteiger partial charge on any atom is 0.256 e. The Balaban J connectivity index is 1.87.